The van der Waals surface area contributed by atoms with Crippen LogP contribution in [0, 0.1) is 5.82 Å². The van der Waals surface area contributed by atoms with Crippen molar-refractivity contribution in [3.05, 3.63) is 59.5 Å². The van der Waals surface area contributed by atoms with Crippen LogP contribution in [0.4, 0.5) is 4.39 Å². The van der Waals surface area contributed by atoms with E-state index in [4.69, 9.17) is 4.74 Å². The van der Waals surface area contributed by atoms with Gasteiger partial charge in [-0.2, -0.15) is 11.8 Å². The molecule has 0 aliphatic carbocycles. The Kier molecular flexibility index (Phi) is 5.35. The molecule has 6 heteroatoms. The van der Waals surface area contributed by atoms with Crippen molar-refractivity contribution >= 4 is 17.7 Å². The summed E-state index contributed by atoms with van der Waals surface area (Å²) in [6.45, 7) is 1.22. The fourth-order valence-electron chi connectivity index (χ4n) is 2.84. The highest BCUT2D eigenvalue weighted by Crippen LogP contribution is 2.36. The van der Waals surface area contributed by atoms with Crippen molar-refractivity contribution in [1.82, 2.24) is 9.88 Å². The Morgan fingerprint density at radius 3 is 2.92 bits per heavy atom. The number of rotatable bonds is 3. The van der Waals surface area contributed by atoms with Gasteiger partial charge < -0.3 is 9.64 Å². The van der Waals surface area contributed by atoms with Gasteiger partial charge in [-0.05, 0) is 24.6 Å². The smallest absolute Gasteiger partial charge is 0.259 e. The molecule has 0 saturated carbocycles. The second kappa shape index (κ2) is 7.66. The van der Waals surface area contributed by atoms with Crippen LogP contribution in [0.2, 0.25) is 0 Å². The maximum atomic E-state index is 14.0. The summed E-state index contributed by atoms with van der Waals surface area (Å²) in [4.78, 5) is 18.7. The molecule has 0 radical (unpaired) electrons. The summed E-state index contributed by atoms with van der Waals surface area (Å²) in [7, 11) is 1.51. The van der Waals surface area contributed by atoms with Crippen molar-refractivity contribution in [2.75, 3.05) is 26.0 Å². The van der Waals surface area contributed by atoms with Gasteiger partial charge in [-0.1, -0.05) is 18.2 Å². The van der Waals surface area contributed by atoms with Crippen molar-refractivity contribution < 1.29 is 13.9 Å². The molecular formula is C18H19FN2O2S. The second-order valence-corrected chi connectivity index (χ2v) is 6.83. The van der Waals surface area contributed by atoms with Gasteiger partial charge in [0.15, 0.2) is 0 Å². The van der Waals surface area contributed by atoms with Crippen LogP contribution in [0.5, 0.6) is 5.88 Å². The molecule has 1 fully saturated rings. The fraction of sp³-hybridized carbons (Fsp3) is 0.333. The number of benzene rings is 1. The minimum absolute atomic E-state index is 0.0693. The molecule has 4 nitrogen and oxygen atoms in total. The number of methoxy groups -OCH3 is 1. The number of hydrogen-bond acceptors (Lipinski definition) is 4. The summed E-state index contributed by atoms with van der Waals surface area (Å²) in [5.74, 6) is 0.844. The highest BCUT2D eigenvalue weighted by molar-refractivity contribution is 7.99. The third-order valence-electron chi connectivity index (χ3n) is 4.08. The first-order valence-corrected chi connectivity index (χ1v) is 8.90. The van der Waals surface area contributed by atoms with Crippen molar-refractivity contribution in [3.8, 4) is 5.88 Å². The van der Waals surface area contributed by atoms with E-state index >= 15 is 0 Å². The number of ether oxygens (including phenoxy) is 1. The lowest BCUT2D eigenvalue weighted by atomic mass is 10.1. The Hall–Kier alpha value is -2.08. The Morgan fingerprint density at radius 1 is 1.29 bits per heavy atom. The summed E-state index contributed by atoms with van der Waals surface area (Å²) < 4.78 is 19.2. The molecule has 2 aromatic rings. The van der Waals surface area contributed by atoms with E-state index in [1.807, 2.05) is 12.1 Å². The predicted molar refractivity (Wildman–Crippen MR) is 92.9 cm³/mol. The molecule has 1 aromatic heterocycles. The van der Waals surface area contributed by atoms with Gasteiger partial charge in [-0.15, -0.1) is 0 Å². The zero-order valence-corrected chi connectivity index (χ0v) is 14.3. The number of pyridine rings is 1. The molecule has 1 aliphatic heterocycles. The zero-order valence-electron chi connectivity index (χ0n) is 13.4. The van der Waals surface area contributed by atoms with E-state index < -0.39 is 0 Å². The maximum absolute atomic E-state index is 14.0. The van der Waals surface area contributed by atoms with E-state index in [0.717, 1.165) is 17.7 Å². The Bertz CT molecular complexity index is 726. The minimum atomic E-state index is -0.177. The van der Waals surface area contributed by atoms with Crippen LogP contribution in [-0.2, 0) is 0 Å². The zero-order chi connectivity index (χ0) is 16.9. The molecule has 1 aromatic carbocycles. The highest BCUT2D eigenvalue weighted by atomic mass is 32.2. The number of thioether (sulfide) groups is 1. The van der Waals surface area contributed by atoms with Crippen molar-refractivity contribution in [2.45, 2.75) is 11.7 Å². The third kappa shape index (κ3) is 3.53. The van der Waals surface area contributed by atoms with Gasteiger partial charge in [-0.3, -0.25) is 4.79 Å². The molecule has 0 spiro atoms. The SMILES string of the molecule is COc1ncccc1C(=O)N1CCSC(c2ccccc2F)CC1. The van der Waals surface area contributed by atoms with E-state index in [9.17, 15) is 9.18 Å². The first-order chi connectivity index (χ1) is 11.7. The van der Waals surface area contributed by atoms with Gasteiger partial charge in [0.1, 0.15) is 11.4 Å². The van der Waals surface area contributed by atoms with E-state index in [1.54, 1.807) is 41.1 Å². The van der Waals surface area contributed by atoms with Crippen LogP contribution in [0.3, 0.4) is 0 Å². The molecule has 24 heavy (non-hydrogen) atoms. The van der Waals surface area contributed by atoms with Crippen LogP contribution in [0.25, 0.3) is 0 Å². The van der Waals surface area contributed by atoms with Gasteiger partial charge >= 0.3 is 0 Å². The lowest BCUT2D eigenvalue weighted by Gasteiger charge is -2.21. The van der Waals surface area contributed by atoms with Gasteiger partial charge in [-0.25, -0.2) is 9.37 Å². The monoisotopic (exact) mass is 346 g/mol. The summed E-state index contributed by atoms with van der Waals surface area (Å²) in [5, 5.41) is 0.0693. The quantitative estimate of drug-likeness (QED) is 0.852. The van der Waals surface area contributed by atoms with Crippen molar-refractivity contribution in [1.29, 1.82) is 0 Å². The molecule has 0 N–H and O–H groups in total. The number of amides is 1. The predicted octanol–water partition coefficient (Wildman–Crippen LogP) is 3.55. The van der Waals surface area contributed by atoms with E-state index in [0.29, 0.717) is 24.5 Å². The lowest BCUT2D eigenvalue weighted by Crippen LogP contribution is -2.33. The summed E-state index contributed by atoms with van der Waals surface area (Å²) in [5.41, 5.74) is 1.19. The number of carbonyl (C=O) groups excluding carboxylic acids is 1. The molecular weight excluding hydrogens is 327 g/mol. The first-order valence-electron chi connectivity index (χ1n) is 7.85. The van der Waals surface area contributed by atoms with Gasteiger partial charge in [0, 0.05) is 35.9 Å². The van der Waals surface area contributed by atoms with Crippen LogP contribution in [0.1, 0.15) is 27.6 Å². The Morgan fingerprint density at radius 2 is 2.12 bits per heavy atom. The molecule has 1 saturated heterocycles. The van der Waals surface area contributed by atoms with Crippen LogP contribution in [-0.4, -0.2) is 41.7 Å². The largest absolute Gasteiger partial charge is 0.480 e. The molecule has 1 atom stereocenters. The van der Waals surface area contributed by atoms with Gasteiger partial charge in [0.25, 0.3) is 5.91 Å². The van der Waals surface area contributed by atoms with Crippen LogP contribution < -0.4 is 4.74 Å². The molecule has 2 heterocycles. The summed E-state index contributed by atoms with van der Waals surface area (Å²) >= 11 is 1.70. The van der Waals surface area contributed by atoms with Crippen molar-refractivity contribution in [2.24, 2.45) is 0 Å². The average Bonchev–Trinajstić information content (AvgIpc) is 2.87. The van der Waals surface area contributed by atoms with E-state index in [2.05, 4.69) is 4.98 Å². The second-order valence-electron chi connectivity index (χ2n) is 5.52. The third-order valence-corrected chi connectivity index (χ3v) is 5.39. The normalized spacial score (nSPS) is 18.1. The van der Waals surface area contributed by atoms with E-state index in [1.165, 1.54) is 13.2 Å². The molecule has 126 valence electrons. The summed E-state index contributed by atoms with van der Waals surface area (Å²) in [6, 6.07) is 10.3. The summed E-state index contributed by atoms with van der Waals surface area (Å²) in [6.07, 6.45) is 2.32. The number of carbonyl (C=O) groups is 1. The molecule has 1 amide bonds. The molecule has 1 aliphatic rings. The van der Waals surface area contributed by atoms with Gasteiger partial charge in [0.05, 0.1) is 7.11 Å². The van der Waals surface area contributed by atoms with Gasteiger partial charge in [0.2, 0.25) is 5.88 Å². The highest BCUT2D eigenvalue weighted by Gasteiger charge is 2.26. The first kappa shape index (κ1) is 16.8. The molecule has 3 rings (SSSR count). The number of aromatic nitrogens is 1. The Labute approximate surface area is 145 Å². The standard InChI is InChI=1S/C18H19FN2O2S/c1-23-17-14(6-4-9-20-17)18(22)21-10-8-16(24-12-11-21)13-5-2-3-7-15(13)19/h2-7,9,16H,8,10-12H2,1H3. The van der Waals surface area contributed by atoms with Crippen molar-refractivity contribution in [3.63, 3.8) is 0 Å². The molecule has 1 unspecified atom stereocenters. The number of halogens is 1. The van der Waals surface area contributed by atoms with Crippen LogP contribution in [0.15, 0.2) is 42.6 Å². The molecule has 0 bridgehead atoms. The topological polar surface area (TPSA) is 42.4 Å². The Balaban J connectivity index is 1.74. The minimum Gasteiger partial charge on any atom is -0.480 e. The lowest BCUT2D eigenvalue weighted by molar-refractivity contribution is 0.0762. The number of hydrogen-bond donors (Lipinski definition) is 0. The maximum Gasteiger partial charge on any atom is 0.259 e. The number of nitrogens with zero attached hydrogens (tertiary/aromatic N) is 2. The average molecular weight is 346 g/mol. The van der Waals surface area contributed by atoms with Crippen LogP contribution >= 0.6 is 11.8 Å². The fourth-order valence-corrected chi connectivity index (χ4v) is 4.10. The van der Waals surface area contributed by atoms with E-state index in [-0.39, 0.29) is 17.0 Å².